The number of benzene rings is 1. The Balaban J connectivity index is 0.00000192. The van der Waals surface area contributed by atoms with E-state index in [-0.39, 0.29) is 18.3 Å². The molecular weight excluding hydrogens is 310 g/mol. The molecule has 1 fully saturated rings. The van der Waals surface area contributed by atoms with Gasteiger partial charge in [-0.3, -0.25) is 4.79 Å². The molecule has 0 saturated carbocycles. The smallest absolute Gasteiger partial charge is 0.230 e. The van der Waals surface area contributed by atoms with Crippen molar-refractivity contribution in [2.24, 2.45) is 11.8 Å². The Morgan fingerprint density at radius 1 is 1.17 bits per heavy atom. The minimum atomic E-state index is 0. The first-order valence-electron chi connectivity index (χ1n) is 8.41. The second kappa shape index (κ2) is 7.54. The zero-order valence-electron chi connectivity index (χ0n) is 14.3. The average Bonchev–Trinajstić information content (AvgIpc) is 2.63. The summed E-state index contributed by atoms with van der Waals surface area (Å²) in [6.45, 7) is 7.16. The summed E-state index contributed by atoms with van der Waals surface area (Å²) in [6.07, 6.45) is 1.90. The average molecular weight is 338 g/mol. The first-order chi connectivity index (χ1) is 10.6. The van der Waals surface area contributed by atoms with Gasteiger partial charge in [0.05, 0.1) is 11.4 Å². The summed E-state index contributed by atoms with van der Waals surface area (Å²) in [6, 6.07) is 8.74. The van der Waals surface area contributed by atoms with Crippen molar-refractivity contribution in [2.45, 2.75) is 32.7 Å². The van der Waals surface area contributed by atoms with Gasteiger partial charge in [0, 0.05) is 32.1 Å². The fourth-order valence-corrected chi connectivity index (χ4v) is 3.83. The molecule has 0 aromatic heterocycles. The highest BCUT2D eigenvalue weighted by Gasteiger charge is 2.32. The van der Waals surface area contributed by atoms with Gasteiger partial charge < -0.3 is 15.1 Å². The fraction of sp³-hybridized carbons (Fsp3) is 0.611. The lowest BCUT2D eigenvalue weighted by atomic mass is 9.91. The summed E-state index contributed by atoms with van der Waals surface area (Å²) in [5.41, 5.74) is 2.24. The van der Waals surface area contributed by atoms with Crippen LogP contribution in [0.5, 0.6) is 0 Å². The summed E-state index contributed by atoms with van der Waals surface area (Å²) in [4.78, 5) is 17.5. The van der Waals surface area contributed by atoms with Crippen molar-refractivity contribution < 1.29 is 4.79 Å². The number of carbonyl (C=O) groups is 1. The minimum Gasteiger partial charge on any atom is -0.373 e. The first kappa shape index (κ1) is 18.1. The lowest BCUT2D eigenvalue weighted by molar-refractivity contribution is -0.123. The number of para-hydroxylation sites is 2. The van der Waals surface area contributed by atoms with Crippen LogP contribution in [-0.4, -0.2) is 38.6 Å². The van der Waals surface area contributed by atoms with Crippen LogP contribution in [0, 0.1) is 11.8 Å². The van der Waals surface area contributed by atoms with E-state index in [1.807, 2.05) is 11.0 Å². The number of rotatable bonds is 1. The van der Waals surface area contributed by atoms with Crippen molar-refractivity contribution in [3.8, 4) is 0 Å². The van der Waals surface area contributed by atoms with Crippen molar-refractivity contribution in [3.63, 3.8) is 0 Å². The number of hydrogen-bond acceptors (Lipinski definition) is 3. The van der Waals surface area contributed by atoms with Gasteiger partial charge in [-0.05, 0) is 44.4 Å². The number of anilines is 2. The van der Waals surface area contributed by atoms with Crippen LogP contribution >= 0.6 is 12.4 Å². The molecule has 0 radical (unpaired) electrons. The van der Waals surface area contributed by atoms with E-state index in [1.165, 1.54) is 5.69 Å². The third-order valence-electron chi connectivity index (χ3n) is 4.90. The zero-order chi connectivity index (χ0) is 15.7. The van der Waals surface area contributed by atoms with E-state index < -0.39 is 0 Å². The van der Waals surface area contributed by atoms with E-state index in [4.69, 9.17) is 0 Å². The van der Waals surface area contributed by atoms with Gasteiger partial charge in [-0.2, -0.15) is 0 Å². The van der Waals surface area contributed by atoms with Crippen LogP contribution < -0.4 is 15.1 Å². The Bertz CT molecular complexity index is 551. The molecule has 0 aliphatic carbocycles. The van der Waals surface area contributed by atoms with E-state index in [2.05, 4.69) is 49.3 Å². The van der Waals surface area contributed by atoms with Crippen molar-refractivity contribution in [1.82, 2.24) is 5.32 Å². The molecule has 128 valence electrons. The van der Waals surface area contributed by atoms with Gasteiger partial charge in [-0.15, -0.1) is 12.4 Å². The van der Waals surface area contributed by atoms with Crippen LogP contribution in [0.2, 0.25) is 0 Å². The van der Waals surface area contributed by atoms with Crippen LogP contribution in [0.1, 0.15) is 26.7 Å². The van der Waals surface area contributed by atoms with Crippen LogP contribution in [0.15, 0.2) is 24.3 Å². The van der Waals surface area contributed by atoms with Gasteiger partial charge in [0.15, 0.2) is 0 Å². The molecule has 5 heteroatoms. The van der Waals surface area contributed by atoms with E-state index in [1.54, 1.807) is 0 Å². The summed E-state index contributed by atoms with van der Waals surface area (Å²) < 4.78 is 0. The predicted octanol–water partition coefficient (Wildman–Crippen LogP) is 2.92. The third-order valence-corrected chi connectivity index (χ3v) is 4.90. The number of halogens is 1. The molecule has 2 aliphatic heterocycles. The maximum Gasteiger partial charge on any atom is 0.230 e. The van der Waals surface area contributed by atoms with Crippen molar-refractivity contribution in [3.05, 3.63) is 24.3 Å². The first-order valence-corrected chi connectivity index (χ1v) is 8.41. The predicted molar refractivity (Wildman–Crippen MR) is 98.7 cm³/mol. The monoisotopic (exact) mass is 337 g/mol. The lowest BCUT2D eigenvalue weighted by Gasteiger charge is -2.33. The molecule has 3 atom stereocenters. The molecule has 1 N–H and O–H groups in total. The Morgan fingerprint density at radius 2 is 1.87 bits per heavy atom. The molecule has 2 heterocycles. The minimum absolute atomic E-state index is 0. The van der Waals surface area contributed by atoms with E-state index in [9.17, 15) is 4.79 Å². The van der Waals surface area contributed by atoms with Gasteiger partial charge in [-0.1, -0.05) is 19.1 Å². The van der Waals surface area contributed by atoms with E-state index >= 15 is 0 Å². The number of nitrogens with zero attached hydrogens (tertiary/aromatic N) is 2. The molecular formula is C18H28ClN3O. The molecule has 1 aromatic rings. The standard InChI is InChI=1S/C18H27N3O.ClH/c1-13-11-20(3)16-6-4-5-7-17(16)21(12-13)18(22)15-8-9-19-14(2)10-15;/h4-7,13-15,19H,8-12H2,1-3H3;1H/t13?,14-,15-;/m0./s1. The summed E-state index contributed by atoms with van der Waals surface area (Å²) in [5.74, 6) is 0.934. The largest absolute Gasteiger partial charge is 0.373 e. The molecule has 1 aromatic carbocycles. The molecule has 23 heavy (non-hydrogen) atoms. The maximum atomic E-state index is 13.1. The Labute approximate surface area is 145 Å². The van der Waals surface area contributed by atoms with Crippen molar-refractivity contribution >= 4 is 29.7 Å². The molecule has 0 spiro atoms. The number of nitrogens with one attached hydrogen (secondary N) is 1. The second-order valence-electron chi connectivity index (χ2n) is 7.00. The molecule has 1 unspecified atom stereocenters. The molecule has 1 amide bonds. The van der Waals surface area contributed by atoms with Crippen molar-refractivity contribution in [2.75, 3.05) is 36.5 Å². The number of amides is 1. The molecule has 3 rings (SSSR count). The van der Waals surface area contributed by atoms with Gasteiger partial charge in [0.1, 0.15) is 0 Å². The second-order valence-corrected chi connectivity index (χ2v) is 7.00. The third kappa shape index (κ3) is 3.81. The van der Waals surface area contributed by atoms with Crippen LogP contribution in [0.3, 0.4) is 0 Å². The Morgan fingerprint density at radius 3 is 2.57 bits per heavy atom. The van der Waals surface area contributed by atoms with Crippen molar-refractivity contribution in [1.29, 1.82) is 0 Å². The Kier molecular flexibility index (Phi) is 5.93. The highest BCUT2D eigenvalue weighted by Crippen LogP contribution is 2.34. The number of hydrogen-bond donors (Lipinski definition) is 1. The van der Waals surface area contributed by atoms with Gasteiger partial charge >= 0.3 is 0 Å². The molecule has 1 saturated heterocycles. The SMILES string of the molecule is CC1CN(C)c2ccccc2N(C(=O)[C@H]2CCN[C@@H](C)C2)C1.Cl. The quantitative estimate of drug-likeness (QED) is 0.856. The number of fused-ring (bicyclic) bond motifs is 1. The van der Waals surface area contributed by atoms with Gasteiger partial charge in [0.2, 0.25) is 5.91 Å². The highest BCUT2D eigenvalue weighted by molar-refractivity contribution is 5.98. The normalized spacial score (nSPS) is 27.7. The van der Waals surface area contributed by atoms with Gasteiger partial charge in [-0.25, -0.2) is 0 Å². The van der Waals surface area contributed by atoms with Crippen LogP contribution in [-0.2, 0) is 4.79 Å². The van der Waals surface area contributed by atoms with E-state index in [0.29, 0.717) is 17.9 Å². The van der Waals surface area contributed by atoms with E-state index in [0.717, 1.165) is 38.2 Å². The molecule has 0 bridgehead atoms. The fourth-order valence-electron chi connectivity index (χ4n) is 3.83. The maximum absolute atomic E-state index is 13.1. The van der Waals surface area contributed by atoms with Crippen LogP contribution in [0.4, 0.5) is 11.4 Å². The topological polar surface area (TPSA) is 35.6 Å². The lowest BCUT2D eigenvalue weighted by Crippen LogP contribution is -2.45. The van der Waals surface area contributed by atoms with Crippen LogP contribution in [0.25, 0.3) is 0 Å². The summed E-state index contributed by atoms with van der Waals surface area (Å²) >= 11 is 0. The van der Waals surface area contributed by atoms with Gasteiger partial charge in [0.25, 0.3) is 0 Å². The number of piperidine rings is 1. The molecule has 2 aliphatic rings. The highest BCUT2D eigenvalue weighted by atomic mass is 35.5. The molecule has 4 nitrogen and oxygen atoms in total. The summed E-state index contributed by atoms with van der Waals surface area (Å²) in [5, 5.41) is 3.44. The Hall–Kier alpha value is -1.26. The number of carbonyl (C=O) groups excluding carboxylic acids is 1. The zero-order valence-corrected chi connectivity index (χ0v) is 15.1. The summed E-state index contributed by atoms with van der Waals surface area (Å²) in [7, 11) is 2.12.